The largest absolute Gasteiger partial charge is 0.356 e. The van der Waals surface area contributed by atoms with Gasteiger partial charge in [0.2, 0.25) is 0 Å². The Labute approximate surface area is 104 Å². The second-order valence-electron chi connectivity index (χ2n) is 4.26. The summed E-state index contributed by atoms with van der Waals surface area (Å²) >= 11 is 0. The fraction of sp³-hybridized carbons (Fsp3) is 0.133. The van der Waals surface area contributed by atoms with E-state index in [1.807, 2.05) is 18.2 Å². The normalized spacial score (nSPS) is 21.6. The number of hydrogen-bond donors (Lipinski definition) is 0. The van der Waals surface area contributed by atoms with Crippen molar-refractivity contribution in [1.29, 1.82) is 0 Å². The molecule has 1 aliphatic heterocycles. The van der Waals surface area contributed by atoms with Crippen LogP contribution >= 0.6 is 0 Å². The highest BCUT2D eigenvalue weighted by atomic mass is 19.1. The van der Waals surface area contributed by atoms with Gasteiger partial charge in [-0.1, -0.05) is 42.5 Å². The van der Waals surface area contributed by atoms with Crippen LogP contribution in [0.1, 0.15) is 22.0 Å². The van der Waals surface area contributed by atoms with Gasteiger partial charge < -0.3 is 4.74 Å². The lowest BCUT2D eigenvalue weighted by Crippen LogP contribution is -2.07. The van der Waals surface area contributed by atoms with Gasteiger partial charge in [-0.15, -0.1) is 0 Å². The van der Waals surface area contributed by atoms with Crippen LogP contribution in [0.4, 0.5) is 4.39 Å². The highest BCUT2D eigenvalue weighted by Gasteiger charge is 2.46. The fourth-order valence-electron chi connectivity index (χ4n) is 1.98. The molecule has 0 N–H and O–H groups in total. The molecule has 0 unspecified atom stereocenters. The first-order valence-electron chi connectivity index (χ1n) is 5.76. The quantitative estimate of drug-likeness (QED) is 0.611. The summed E-state index contributed by atoms with van der Waals surface area (Å²) in [6, 6.07) is 15.1. The minimum Gasteiger partial charge on any atom is -0.356 e. The first-order chi connectivity index (χ1) is 8.75. The third-order valence-electron chi connectivity index (χ3n) is 3.01. The van der Waals surface area contributed by atoms with Gasteiger partial charge in [0.25, 0.3) is 0 Å². The number of carbonyl (C=O) groups excluding carboxylic acids is 1. The predicted octanol–water partition coefficient (Wildman–Crippen LogP) is 3.15. The lowest BCUT2D eigenvalue weighted by molar-refractivity contribution is 0.0953. The number of Topliss-reactive ketones (excluding diaryl/α,β-unsaturated/α-hetero) is 1. The van der Waals surface area contributed by atoms with Gasteiger partial charge >= 0.3 is 0 Å². The number of epoxide rings is 1. The first kappa shape index (κ1) is 11.1. The minimum atomic E-state index is -0.433. The maximum atomic E-state index is 12.8. The molecule has 1 saturated heterocycles. The zero-order valence-electron chi connectivity index (χ0n) is 9.55. The van der Waals surface area contributed by atoms with E-state index < -0.39 is 6.10 Å². The molecule has 0 spiro atoms. The van der Waals surface area contributed by atoms with Crippen LogP contribution in [-0.2, 0) is 4.74 Å². The molecule has 0 radical (unpaired) electrons. The van der Waals surface area contributed by atoms with Crippen LogP contribution in [0.5, 0.6) is 0 Å². The van der Waals surface area contributed by atoms with Gasteiger partial charge in [-0.25, -0.2) is 4.39 Å². The Morgan fingerprint density at radius 3 is 2.33 bits per heavy atom. The number of hydrogen-bond acceptors (Lipinski definition) is 2. The highest BCUT2D eigenvalue weighted by molar-refractivity contribution is 6.01. The monoisotopic (exact) mass is 242 g/mol. The van der Waals surface area contributed by atoms with Crippen molar-refractivity contribution >= 4 is 5.78 Å². The average molecular weight is 242 g/mol. The first-order valence-corrected chi connectivity index (χ1v) is 5.76. The van der Waals surface area contributed by atoms with E-state index in [1.165, 1.54) is 12.1 Å². The second kappa shape index (κ2) is 4.35. The molecule has 90 valence electrons. The molecule has 1 heterocycles. The van der Waals surface area contributed by atoms with E-state index in [0.717, 1.165) is 5.56 Å². The summed E-state index contributed by atoms with van der Waals surface area (Å²) in [6.45, 7) is 0. The molecular weight excluding hydrogens is 231 g/mol. The summed E-state index contributed by atoms with van der Waals surface area (Å²) < 4.78 is 18.2. The zero-order valence-corrected chi connectivity index (χ0v) is 9.55. The van der Waals surface area contributed by atoms with E-state index in [9.17, 15) is 9.18 Å². The molecule has 0 amide bonds. The number of carbonyl (C=O) groups is 1. The van der Waals surface area contributed by atoms with Crippen molar-refractivity contribution in [2.45, 2.75) is 12.2 Å². The standard InChI is InChI=1S/C15H11FO2/c16-12-8-6-11(7-9-12)14-15(18-14)13(17)10-4-2-1-3-5-10/h1-9,14-15H/t14-,15-/m0/s1. The fourth-order valence-corrected chi connectivity index (χ4v) is 1.98. The summed E-state index contributed by atoms with van der Waals surface area (Å²) in [5, 5.41) is 0. The molecular formula is C15H11FO2. The van der Waals surface area contributed by atoms with Crippen LogP contribution in [0.15, 0.2) is 54.6 Å². The molecule has 2 aromatic rings. The van der Waals surface area contributed by atoms with Crippen molar-refractivity contribution in [1.82, 2.24) is 0 Å². The number of benzene rings is 2. The SMILES string of the molecule is O=C(c1ccccc1)[C@@H]1O[C@H]1c1ccc(F)cc1. The summed E-state index contributed by atoms with van der Waals surface area (Å²) in [6.07, 6.45) is -0.670. The molecule has 0 saturated carbocycles. The van der Waals surface area contributed by atoms with Crippen molar-refractivity contribution < 1.29 is 13.9 Å². The third kappa shape index (κ3) is 2.05. The molecule has 2 aromatic carbocycles. The molecule has 2 nitrogen and oxygen atoms in total. The highest BCUT2D eigenvalue weighted by Crippen LogP contribution is 2.40. The Bertz CT molecular complexity index is 563. The van der Waals surface area contributed by atoms with Gasteiger partial charge in [0.15, 0.2) is 11.9 Å². The van der Waals surface area contributed by atoms with Crippen molar-refractivity contribution in [3.8, 4) is 0 Å². The molecule has 0 bridgehead atoms. The van der Waals surface area contributed by atoms with E-state index in [1.54, 1.807) is 24.3 Å². The summed E-state index contributed by atoms with van der Waals surface area (Å²) in [7, 11) is 0. The molecule has 3 heteroatoms. The topological polar surface area (TPSA) is 29.6 Å². The predicted molar refractivity (Wildman–Crippen MR) is 64.8 cm³/mol. The van der Waals surface area contributed by atoms with Crippen LogP contribution in [0.25, 0.3) is 0 Å². The molecule has 1 fully saturated rings. The Kier molecular flexibility index (Phi) is 2.68. The summed E-state index contributed by atoms with van der Waals surface area (Å²) in [4.78, 5) is 12.1. The molecule has 2 atom stereocenters. The van der Waals surface area contributed by atoms with E-state index in [2.05, 4.69) is 0 Å². The van der Waals surface area contributed by atoms with E-state index in [4.69, 9.17) is 4.74 Å². The van der Waals surface area contributed by atoms with Gasteiger partial charge in [-0.2, -0.15) is 0 Å². The van der Waals surface area contributed by atoms with Crippen LogP contribution < -0.4 is 0 Å². The van der Waals surface area contributed by atoms with Crippen LogP contribution in [-0.4, -0.2) is 11.9 Å². The van der Waals surface area contributed by atoms with Crippen molar-refractivity contribution in [2.75, 3.05) is 0 Å². The third-order valence-corrected chi connectivity index (χ3v) is 3.01. The Morgan fingerprint density at radius 2 is 1.67 bits per heavy atom. The van der Waals surface area contributed by atoms with Crippen LogP contribution in [0.3, 0.4) is 0 Å². The van der Waals surface area contributed by atoms with Gasteiger partial charge in [-0.3, -0.25) is 4.79 Å². The molecule has 0 aliphatic carbocycles. The van der Waals surface area contributed by atoms with Crippen molar-refractivity contribution in [2.24, 2.45) is 0 Å². The minimum absolute atomic E-state index is 0.0232. The number of halogens is 1. The Balaban J connectivity index is 1.75. The van der Waals surface area contributed by atoms with E-state index in [0.29, 0.717) is 5.56 Å². The molecule has 1 aliphatic rings. The average Bonchev–Trinajstić information content (AvgIpc) is 3.20. The van der Waals surface area contributed by atoms with Crippen molar-refractivity contribution in [3.63, 3.8) is 0 Å². The van der Waals surface area contributed by atoms with Crippen molar-refractivity contribution in [3.05, 3.63) is 71.5 Å². The van der Waals surface area contributed by atoms with Gasteiger partial charge in [-0.05, 0) is 17.7 Å². The molecule has 18 heavy (non-hydrogen) atoms. The zero-order chi connectivity index (χ0) is 12.5. The van der Waals surface area contributed by atoms with Gasteiger partial charge in [0.1, 0.15) is 11.9 Å². The lowest BCUT2D eigenvalue weighted by atomic mass is 10.0. The van der Waals surface area contributed by atoms with Gasteiger partial charge in [0.05, 0.1) is 0 Å². The Hall–Kier alpha value is -2.00. The van der Waals surface area contributed by atoms with E-state index in [-0.39, 0.29) is 17.7 Å². The second-order valence-corrected chi connectivity index (χ2v) is 4.26. The summed E-state index contributed by atoms with van der Waals surface area (Å²) in [5.41, 5.74) is 1.48. The Morgan fingerprint density at radius 1 is 1.00 bits per heavy atom. The smallest absolute Gasteiger partial charge is 0.194 e. The van der Waals surface area contributed by atoms with Gasteiger partial charge in [0, 0.05) is 5.56 Å². The maximum absolute atomic E-state index is 12.8. The lowest BCUT2D eigenvalue weighted by Gasteiger charge is -1.97. The van der Waals surface area contributed by atoms with Crippen LogP contribution in [0, 0.1) is 5.82 Å². The maximum Gasteiger partial charge on any atom is 0.194 e. The number of ether oxygens (including phenoxy) is 1. The number of rotatable bonds is 3. The molecule has 3 rings (SSSR count). The molecule has 0 aromatic heterocycles. The number of ketones is 1. The van der Waals surface area contributed by atoms with E-state index >= 15 is 0 Å². The summed E-state index contributed by atoms with van der Waals surface area (Å²) in [5.74, 6) is -0.310. The van der Waals surface area contributed by atoms with Crippen LogP contribution in [0.2, 0.25) is 0 Å².